The molecule has 124 valence electrons. The Hall–Kier alpha value is -1.16. The Balaban J connectivity index is 1.67. The first-order valence-electron chi connectivity index (χ1n) is 7.05. The first-order valence-corrected chi connectivity index (χ1v) is 10.6. The lowest BCUT2D eigenvalue weighted by Crippen LogP contribution is -2.19. The predicted molar refractivity (Wildman–Crippen MR) is 93.4 cm³/mol. The summed E-state index contributed by atoms with van der Waals surface area (Å²) in [7, 11) is -3.15. The van der Waals surface area contributed by atoms with Gasteiger partial charge in [0.15, 0.2) is 14.2 Å². The monoisotopic (exact) mass is 371 g/mol. The molecular weight excluding hydrogens is 354 g/mol. The Labute approximate surface area is 143 Å². The molecule has 0 bridgehead atoms. The fourth-order valence-corrected chi connectivity index (χ4v) is 6.81. The second kappa shape index (κ2) is 6.39. The lowest BCUT2D eigenvalue weighted by molar-refractivity contribution is 0.207. The van der Waals surface area contributed by atoms with E-state index in [4.69, 9.17) is 0 Å². The van der Waals surface area contributed by atoms with Crippen LogP contribution < -0.4 is 5.32 Å². The van der Waals surface area contributed by atoms with Crippen LogP contribution in [-0.2, 0) is 9.84 Å². The molecule has 0 aliphatic carbocycles. The molecule has 0 unspecified atom stereocenters. The van der Waals surface area contributed by atoms with Crippen LogP contribution in [0.1, 0.15) is 11.1 Å². The number of benzene rings is 1. The third-order valence-electron chi connectivity index (χ3n) is 3.69. The minimum absolute atomic E-state index is 0.0155. The number of hydrogen-bond donors (Lipinski definition) is 2. The van der Waals surface area contributed by atoms with Crippen molar-refractivity contribution in [3.8, 4) is 0 Å². The van der Waals surface area contributed by atoms with E-state index in [1.54, 1.807) is 0 Å². The quantitative estimate of drug-likeness (QED) is 0.851. The van der Waals surface area contributed by atoms with Gasteiger partial charge >= 0.3 is 0 Å². The molecule has 1 aromatic heterocycles. The molecule has 1 fully saturated rings. The van der Waals surface area contributed by atoms with Gasteiger partial charge in [0.1, 0.15) is 0 Å². The smallest absolute Gasteiger partial charge is 0.210 e. The van der Waals surface area contributed by atoms with Crippen molar-refractivity contribution in [2.45, 2.75) is 29.5 Å². The van der Waals surface area contributed by atoms with Crippen molar-refractivity contribution in [2.24, 2.45) is 0 Å². The van der Waals surface area contributed by atoms with Gasteiger partial charge in [0.2, 0.25) is 5.13 Å². The molecule has 1 aromatic carbocycles. The van der Waals surface area contributed by atoms with Crippen molar-refractivity contribution < 1.29 is 13.5 Å². The highest BCUT2D eigenvalue weighted by Crippen LogP contribution is 2.35. The van der Waals surface area contributed by atoms with Crippen molar-refractivity contribution in [3.63, 3.8) is 0 Å². The van der Waals surface area contributed by atoms with Crippen molar-refractivity contribution >= 4 is 43.8 Å². The summed E-state index contributed by atoms with van der Waals surface area (Å²) in [5.74, 6) is -0.185. The van der Waals surface area contributed by atoms with Crippen molar-refractivity contribution in [2.75, 3.05) is 16.8 Å². The van der Waals surface area contributed by atoms with Gasteiger partial charge in [0.05, 0.1) is 22.9 Å². The number of sulfone groups is 1. The van der Waals surface area contributed by atoms with Crippen molar-refractivity contribution in [1.82, 2.24) is 10.2 Å². The average Bonchev–Trinajstić information content (AvgIpc) is 2.98. The van der Waals surface area contributed by atoms with Gasteiger partial charge in [-0.2, -0.15) is 0 Å². The Bertz CT molecular complexity index is 820. The summed E-state index contributed by atoms with van der Waals surface area (Å²) in [5.41, 5.74) is 3.35. The maximum Gasteiger partial charge on any atom is 0.210 e. The molecule has 2 aromatic rings. The first-order chi connectivity index (χ1) is 10.8. The lowest BCUT2D eigenvalue weighted by Gasteiger charge is -2.08. The zero-order valence-electron chi connectivity index (χ0n) is 12.7. The van der Waals surface area contributed by atoms with E-state index in [2.05, 4.69) is 22.4 Å². The number of hydrogen-bond acceptors (Lipinski definition) is 8. The maximum atomic E-state index is 11.5. The molecule has 1 aliphatic rings. The number of aryl methyl sites for hydroxylation is 2. The predicted octanol–water partition coefficient (Wildman–Crippen LogP) is 2.15. The van der Waals surface area contributed by atoms with Gasteiger partial charge < -0.3 is 10.4 Å². The fraction of sp³-hybridized carbons (Fsp3) is 0.429. The zero-order valence-corrected chi connectivity index (χ0v) is 15.1. The number of rotatable bonds is 4. The third-order valence-corrected chi connectivity index (χ3v) is 7.86. The highest BCUT2D eigenvalue weighted by molar-refractivity contribution is 8.03. The highest BCUT2D eigenvalue weighted by Gasteiger charge is 2.37. The van der Waals surface area contributed by atoms with Crippen LogP contribution in [-0.4, -0.2) is 46.6 Å². The van der Waals surface area contributed by atoms with Gasteiger partial charge in [0.25, 0.3) is 0 Å². The molecule has 0 radical (unpaired) electrons. The van der Waals surface area contributed by atoms with E-state index < -0.39 is 15.9 Å². The summed E-state index contributed by atoms with van der Waals surface area (Å²) in [6.07, 6.45) is -0.843. The van der Waals surface area contributed by atoms with E-state index in [9.17, 15) is 13.5 Å². The van der Waals surface area contributed by atoms with Gasteiger partial charge in [-0.3, -0.25) is 0 Å². The molecule has 0 saturated carbocycles. The number of aromatic nitrogens is 2. The lowest BCUT2D eigenvalue weighted by atomic mass is 10.1. The van der Waals surface area contributed by atoms with Crippen LogP contribution in [0.2, 0.25) is 0 Å². The molecule has 3 rings (SSSR count). The Morgan fingerprint density at radius 3 is 2.70 bits per heavy atom. The summed E-state index contributed by atoms with van der Waals surface area (Å²) >= 11 is 2.62. The highest BCUT2D eigenvalue weighted by atomic mass is 32.2. The molecule has 23 heavy (non-hydrogen) atoms. The SMILES string of the molecule is Cc1ccc(Nc2nnc(S[C@@H]3CS(=O)(=O)C[C@H]3O)s2)cc1C. The van der Waals surface area contributed by atoms with Gasteiger partial charge in [-0.05, 0) is 37.1 Å². The zero-order chi connectivity index (χ0) is 16.6. The van der Waals surface area contributed by atoms with E-state index in [0.29, 0.717) is 9.47 Å². The standard InChI is InChI=1S/C14H17N3O3S3/c1-8-3-4-10(5-9(8)2)15-13-16-17-14(22-13)21-12-7-23(19,20)6-11(12)18/h3-5,11-12,18H,6-7H2,1-2H3,(H,15,16)/t11-,12-/m1/s1. The molecule has 9 heteroatoms. The molecule has 0 amide bonds. The molecule has 0 spiro atoms. The molecule has 6 nitrogen and oxygen atoms in total. The van der Waals surface area contributed by atoms with Crippen molar-refractivity contribution in [3.05, 3.63) is 29.3 Å². The van der Waals surface area contributed by atoms with Crippen LogP contribution in [0.25, 0.3) is 0 Å². The largest absolute Gasteiger partial charge is 0.391 e. The summed E-state index contributed by atoms with van der Waals surface area (Å²) in [6, 6.07) is 6.05. The van der Waals surface area contributed by atoms with Gasteiger partial charge in [0, 0.05) is 5.69 Å². The second-order valence-corrected chi connectivity index (χ2v) is 10.2. The molecule has 2 atom stereocenters. The first kappa shape index (κ1) is 16.7. The van der Waals surface area contributed by atoms with E-state index in [-0.39, 0.29) is 16.8 Å². The Morgan fingerprint density at radius 1 is 1.26 bits per heavy atom. The van der Waals surface area contributed by atoms with Crippen LogP contribution >= 0.6 is 23.1 Å². The normalized spacial score (nSPS) is 23.1. The Kier molecular flexibility index (Phi) is 4.63. The minimum atomic E-state index is -3.15. The Morgan fingerprint density at radius 2 is 2.04 bits per heavy atom. The topological polar surface area (TPSA) is 92.2 Å². The maximum absolute atomic E-state index is 11.5. The van der Waals surface area contributed by atoms with Crippen LogP contribution in [0.15, 0.2) is 22.5 Å². The summed E-state index contributed by atoms with van der Waals surface area (Å²) in [5, 5.41) is 21.4. The van der Waals surface area contributed by atoms with E-state index in [1.807, 2.05) is 25.1 Å². The number of nitrogens with one attached hydrogen (secondary N) is 1. The number of aliphatic hydroxyl groups excluding tert-OH is 1. The second-order valence-electron chi connectivity index (χ2n) is 5.60. The van der Waals surface area contributed by atoms with E-state index in [1.165, 1.54) is 34.2 Å². The fourth-order valence-electron chi connectivity index (χ4n) is 2.29. The number of anilines is 2. The van der Waals surface area contributed by atoms with E-state index >= 15 is 0 Å². The van der Waals surface area contributed by atoms with Crippen molar-refractivity contribution in [1.29, 1.82) is 0 Å². The van der Waals surface area contributed by atoms with Crippen LogP contribution in [0.5, 0.6) is 0 Å². The molecular formula is C14H17N3O3S3. The molecule has 1 saturated heterocycles. The number of thioether (sulfide) groups is 1. The van der Waals surface area contributed by atoms with Gasteiger partial charge in [-0.1, -0.05) is 29.2 Å². The average molecular weight is 372 g/mol. The number of aliphatic hydroxyl groups is 1. The van der Waals surface area contributed by atoms with Gasteiger partial charge in [-0.15, -0.1) is 10.2 Å². The van der Waals surface area contributed by atoms with Crippen LogP contribution in [0.3, 0.4) is 0 Å². The van der Waals surface area contributed by atoms with Gasteiger partial charge in [-0.25, -0.2) is 8.42 Å². The summed E-state index contributed by atoms with van der Waals surface area (Å²) in [6.45, 7) is 4.10. The van der Waals surface area contributed by atoms with Crippen LogP contribution in [0.4, 0.5) is 10.8 Å². The molecule has 2 heterocycles. The summed E-state index contributed by atoms with van der Waals surface area (Å²) in [4.78, 5) is 0. The van der Waals surface area contributed by atoms with E-state index in [0.717, 1.165) is 5.69 Å². The van der Waals surface area contributed by atoms with Crippen LogP contribution in [0, 0.1) is 13.8 Å². The molecule has 2 N–H and O–H groups in total. The summed E-state index contributed by atoms with van der Waals surface area (Å²) < 4.78 is 23.7. The third kappa shape index (κ3) is 4.03. The molecule has 1 aliphatic heterocycles. The minimum Gasteiger partial charge on any atom is -0.391 e. The number of nitrogens with zero attached hydrogens (tertiary/aromatic N) is 2.